The van der Waals surface area contributed by atoms with Crippen LogP contribution >= 0.6 is 0 Å². The molecule has 0 saturated carbocycles. The molecule has 7 aromatic carbocycles. The Bertz CT molecular complexity index is 2480. The normalized spacial score (nSPS) is 11.7. The summed E-state index contributed by atoms with van der Waals surface area (Å²) in [5.74, 6) is 0. The standard InChI is InChI=1S/C40H25NO2/c1-2-10-27-23-29(20-19-26(27)9-1)28-11-7-12-30(24-28)41(31-21-22-33-32-13-3-5-16-36(32)43-39(33)25-31)35-15-8-18-38-40(35)34-14-4-6-17-37(34)42-38/h1-25H. The lowest BCUT2D eigenvalue weighted by molar-refractivity contribution is 0.669. The predicted molar refractivity (Wildman–Crippen MR) is 179 cm³/mol. The van der Waals surface area contributed by atoms with Crippen molar-refractivity contribution in [2.75, 3.05) is 4.90 Å². The number of benzene rings is 7. The molecule has 0 N–H and O–H groups in total. The van der Waals surface area contributed by atoms with Crippen molar-refractivity contribution in [3.05, 3.63) is 152 Å². The van der Waals surface area contributed by atoms with E-state index in [0.29, 0.717) is 0 Å². The topological polar surface area (TPSA) is 29.5 Å². The number of furan rings is 2. The molecular formula is C40H25NO2. The van der Waals surface area contributed by atoms with Crippen molar-refractivity contribution in [1.82, 2.24) is 0 Å². The Hall–Kier alpha value is -5.80. The molecule has 0 fully saturated rings. The first kappa shape index (κ1) is 23.9. The van der Waals surface area contributed by atoms with Gasteiger partial charge in [-0.1, -0.05) is 91.0 Å². The highest BCUT2D eigenvalue weighted by Crippen LogP contribution is 2.44. The van der Waals surface area contributed by atoms with Crippen molar-refractivity contribution >= 4 is 71.7 Å². The van der Waals surface area contributed by atoms with Gasteiger partial charge in [0.05, 0.1) is 11.1 Å². The Labute approximate surface area is 247 Å². The number of anilines is 3. The molecule has 3 nitrogen and oxygen atoms in total. The van der Waals surface area contributed by atoms with Crippen LogP contribution in [0.1, 0.15) is 0 Å². The first-order valence-corrected chi connectivity index (χ1v) is 14.5. The van der Waals surface area contributed by atoms with Gasteiger partial charge in [0.25, 0.3) is 0 Å². The van der Waals surface area contributed by atoms with Crippen LogP contribution in [0, 0.1) is 0 Å². The van der Waals surface area contributed by atoms with E-state index < -0.39 is 0 Å². The minimum absolute atomic E-state index is 0.860. The summed E-state index contributed by atoms with van der Waals surface area (Å²) in [7, 11) is 0. The molecule has 0 radical (unpaired) electrons. The molecule has 2 heterocycles. The van der Waals surface area contributed by atoms with Crippen LogP contribution in [0.25, 0.3) is 65.8 Å². The summed E-state index contributed by atoms with van der Waals surface area (Å²) in [5, 5.41) is 6.87. The molecule has 9 aromatic rings. The van der Waals surface area contributed by atoms with Gasteiger partial charge < -0.3 is 13.7 Å². The van der Waals surface area contributed by atoms with Gasteiger partial charge in [0, 0.05) is 33.6 Å². The largest absolute Gasteiger partial charge is 0.456 e. The van der Waals surface area contributed by atoms with Crippen LogP contribution in [0.15, 0.2) is 160 Å². The Morgan fingerprint density at radius 2 is 1.02 bits per heavy atom. The Morgan fingerprint density at radius 1 is 0.372 bits per heavy atom. The fourth-order valence-electron chi connectivity index (χ4n) is 6.42. The third-order valence-electron chi connectivity index (χ3n) is 8.43. The zero-order valence-electron chi connectivity index (χ0n) is 23.2. The van der Waals surface area contributed by atoms with Crippen molar-refractivity contribution in [2.24, 2.45) is 0 Å². The summed E-state index contributed by atoms with van der Waals surface area (Å²) in [6.45, 7) is 0. The maximum absolute atomic E-state index is 6.35. The average Bonchev–Trinajstić information content (AvgIpc) is 3.63. The maximum Gasteiger partial charge on any atom is 0.137 e. The van der Waals surface area contributed by atoms with Crippen molar-refractivity contribution in [2.45, 2.75) is 0 Å². The molecule has 0 saturated heterocycles. The molecule has 2 aromatic heterocycles. The molecule has 0 aliphatic heterocycles. The average molecular weight is 552 g/mol. The highest BCUT2D eigenvalue weighted by atomic mass is 16.3. The number of hydrogen-bond donors (Lipinski definition) is 0. The van der Waals surface area contributed by atoms with Gasteiger partial charge in [-0.25, -0.2) is 0 Å². The number of fused-ring (bicyclic) bond motifs is 7. The molecule has 9 rings (SSSR count). The Morgan fingerprint density at radius 3 is 1.93 bits per heavy atom. The van der Waals surface area contributed by atoms with E-state index in [0.717, 1.165) is 66.5 Å². The van der Waals surface area contributed by atoms with E-state index in [2.05, 4.69) is 126 Å². The van der Waals surface area contributed by atoms with Crippen molar-refractivity contribution in [1.29, 1.82) is 0 Å². The van der Waals surface area contributed by atoms with Crippen molar-refractivity contribution < 1.29 is 8.83 Å². The monoisotopic (exact) mass is 551 g/mol. The van der Waals surface area contributed by atoms with Gasteiger partial charge in [0.2, 0.25) is 0 Å². The lowest BCUT2D eigenvalue weighted by atomic mass is 10.00. The second kappa shape index (κ2) is 9.37. The molecule has 0 aliphatic rings. The quantitative estimate of drug-likeness (QED) is 0.218. The smallest absolute Gasteiger partial charge is 0.137 e. The zero-order valence-corrected chi connectivity index (χ0v) is 23.2. The van der Waals surface area contributed by atoms with Gasteiger partial charge in [-0.3, -0.25) is 0 Å². The van der Waals surface area contributed by atoms with E-state index in [4.69, 9.17) is 8.83 Å². The molecular weight excluding hydrogens is 526 g/mol. The van der Waals surface area contributed by atoms with Crippen molar-refractivity contribution in [3.63, 3.8) is 0 Å². The first-order chi connectivity index (χ1) is 21.3. The lowest BCUT2D eigenvalue weighted by Gasteiger charge is -2.26. The number of nitrogens with zero attached hydrogens (tertiary/aromatic N) is 1. The maximum atomic E-state index is 6.35. The van der Waals surface area contributed by atoms with Gasteiger partial charge in [-0.05, 0) is 76.5 Å². The van der Waals surface area contributed by atoms with Gasteiger partial charge >= 0.3 is 0 Å². The van der Waals surface area contributed by atoms with Crippen LogP contribution in [-0.2, 0) is 0 Å². The zero-order chi connectivity index (χ0) is 28.3. The molecule has 43 heavy (non-hydrogen) atoms. The predicted octanol–water partition coefficient (Wildman–Crippen LogP) is 11.8. The third-order valence-corrected chi connectivity index (χ3v) is 8.43. The highest BCUT2D eigenvalue weighted by Gasteiger charge is 2.21. The minimum atomic E-state index is 0.860. The molecule has 0 amide bonds. The van der Waals surface area contributed by atoms with Crippen LogP contribution in [0.5, 0.6) is 0 Å². The SMILES string of the molecule is c1cc(-c2ccc3ccccc3c2)cc(N(c2ccc3c(c2)oc2ccccc23)c2cccc3oc4ccccc4c23)c1. The molecule has 0 aliphatic carbocycles. The fraction of sp³-hybridized carbons (Fsp3) is 0. The Kier molecular flexibility index (Phi) is 5.20. The molecule has 0 atom stereocenters. The van der Waals surface area contributed by atoms with Gasteiger partial charge in [-0.15, -0.1) is 0 Å². The number of hydrogen-bond acceptors (Lipinski definition) is 3. The van der Waals surface area contributed by atoms with E-state index >= 15 is 0 Å². The number of para-hydroxylation sites is 2. The van der Waals surface area contributed by atoms with E-state index in [-0.39, 0.29) is 0 Å². The summed E-state index contributed by atoms with van der Waals surface area (Å²) in [6, 6.07) is 53.2. The van der Waals surface area contributed by atoms with E-state index in [1.165, 1.54) is 16.3 Å². The molecule has 0 unspecified atom stereocenters. The summed E-state index contributed by atoms with van der Waals surface area (Å²) in [5.41, 5.74) is 8.94. The van der Waals surface area contributed by atoms with Crippen LogP contribution < -0.4 is 4.90 Å². The van der Waals surface area contributed by atoms with Crippen LogP contribution in [0.4, 0.5) is 17.1 Å². The number of rotatable bonds is 4. The van der Waals surface area contributed by atoms with Gasteiger partial charge in [0.1, 0.15) is 22.3 Å². The molecule has 0 spiro atoms. The van der Waals surface area contributed by atoms with E-state index in [1.54, 1.807) is 0 Å². The lowest BCUT2D eigenvalue weighted by Crippen LogP contribution is -2.10. The first-order valence-electron chi connectivity index (χ1n) is 14.5. The second-order valence-corrected chi connectivity index (χ2v) is 11.0. The van der Waals surface area contributed by atoms with Gasteiger partial charge in [-0.2, -0.15) is 0 Å². The van der Waals surface area contributed by atoms with Crippen molar-refractivity contribution in [3.8, 4) is 11.1 Å². The van der Waals surface area contributed by atoms with Gasteiger partial charge in [0.15, 0.2) is 0 Å². The summed E-state index contributed by atoms with van der Waals surface area (Å²) in [6.07, 6.45) is 0. The molecule has 3 heteroatoms. The second-order valence-electron chi connectivity index (χ2n) is 11.0. The van der Waals surface area contributed by atoms with Crippen LogP contribution in [0.3, 0.4) is 0 Å². The Balaban J connectivity index is 1.29. The summed E-state index contributed by atoms with van der Waals surface area (Å²) >= 11 is 0. The fourth-order valence-corrected chi connectivity index (χ4v) is 6.42. The minimum Gasteiger partial charge on any atom is -0.456 e. The van der Waals surface area contributed by atoms with Crippen LogP contribution in [0.2, 0.25) is 0 Å². The van der Waals surface area contributed by atoms with Crippen LogP contribution in [-0.4, -0.2) is 0 Å². The molecule has 202 valence electrons. The highest BCUT2D eigenvalue weighted by molar-refractivity contribution is 6.14. The van der Waals surface area contributed by atoms with E-state index in [1.807, 2.05) is 30.3 Å². The summed E-state index contributed by atoms with van der Waals surface area (Å²) in [4.78, 5) is 2.32. The molecule has 0 bridgehead atoms. The van der Waals surface area contributed by atoms with E-state index in [9.17, 15) is 0 Å². The summed E-state index contributed by atoms with van der Waals surface area (Å²) < 4.78 is 12.7. The third kappa shape index (κ3) is 3.83.